The summed E-state index contributed by atoms with van der Waals surface area (Å²) >= 11 is 0. The summed E-state index contributed by atoms with van der Waals surface area (Å²) in [6.45, 7) is 4.34. The Hall–Kier alpha value is -3.73. The molecule has 0 aliphatic heterocycles. The Labute approximate surface area is 175 Å². The van der Waals surface area contributed by atoms with E-state index in [0.717, 1.165) is 16.7 Å². The number of rotatable bonds is 8. The zero-order valence-corrected chi connectivity index (χ0v) is 17.1. The van der Waals surface area contributed by atoms with Crippen LogP contribution in [0.4, 0.5) is 11.4 Å². The molecule has 0 aliphatic carbocycles. The van der Waals surface area contributed by atoms with Crippen LogP contribution in [0.25, 0.3) is 11.0 Å². The van der Waals surface area contributed by atoms with Gasteiger partial charge in [0, 0.05) is 36.5 Å². The number of fused-ring (bicyclic) bond motifs is 1. The molecule has 1 aromatic carbocycles. The maximum Gasteiger partial charge on any atom is 0.227 e. The predicted octanol–water partition coefficient (Wildman–Crippen LogP) is 3.68. The highest BCUT2D eigenvalue weighted by Gasteiger charge is 2.17. The van der Waals surface area contributed by atoms with Gasteiger partial charge in [0.2, 0.25) is 11.8 Å². The highest BCUT2D eigenvalue weighted by molar-refractivity contribution is 5.98. The van der Waals surface area contributed by atoms with E-state index in [1.54, 1.807) is 17.3 Å². The second-order valence-corrected chi connectivity index (χ2v) is 7.16. The van der Waals surface area contributed by atoms with Gasteiger partial charge < -0.3 is 10.2 Å². The van der Waals surface area contributed by atoms with Crippen molar-refractivity contribution in [2.45, 2.75) is 39.2 Å². The predicted molar refractivity (Wildman–Crippen MR) is 115 cm³/mol. The monoisotopic (exact) mass is 404 g/mol. The van der Waals surface area contributed by atoms with E-state index in [4.69, 9.17) is 5.26 Å². The highest BCUT2D eigenvalue weighted by atomic mass is 16.2. The third-order valence-corrected chi connectivity index (χ3v) is 4.59. The van der Waals surface area contributed by atoms with Crippen LogP contribution in [0, 0.1) is 11.3 Å². The third kappa shape index (κ3) is 5.00. The van der Waals surface area contributed by atoms with Gasteiger partial charge in [0.05, 0.1) is 30.6 Å². The Morgan fingerprint density at radius 2 is 1.97 bits per heavy atom. The van der Waals surface area contributed by atoms with E-state index in [9.17, 15) is 9.59 Å². The number of carbonyl (C=O) groups excluding carboxylic acids is 2. The lowest BCUT2D eigenvalue weighted by atomic mass is 10.2. The standard InChI is InChI=1S/C22H24N6O2/c1-16(2)28-22-17(14-25-28)13-18(15-24-22)26-20(29)9-10-21(30)27(12-6-11-23)19-7-4-3-5-8-19/h3-5,7-8,13-16H,6,9-10,12H2,1-2H3,(H,26,29). The molecule has 0 aliphatic rings. The molecule has 3 rings (SSSR count). The Kier molecular flexibility index (Phi) is 6.75. The van der Waals surface area contributed by atoms with Crippen molar-refractivity contribution in [3.8, 4) is 6.07 Å². The first-order chi connectivity index (χ1) is 14.5. The number of hydrogen-bond acceptors (Lipinski definition) is 5. The van der Waals surface area contributed by atoms with Crippen molar-refractivity contribution in [1.29, 1.82) is 5.26 Å². The molecular weight excluding hydrogens is 380 g/mol. The largest absolute Gasteiger partial charge is 0.325 e. The molecule has 0 radical (unpaired) electrons. The number of nitrogens with zero attached hydrogens (tertiary/aromatic N) is 5. The zero-order chi connectivity index (χ0) is 21.5. The zero-order valence-electron chi connectivity index (χ0n) is 17.1. The first-order valence-electron chi connectivity index (χ1n) is 9.85. The average Bonchev–Trinajstić information content (AvgIpc) is 3.17. The number of para-hydroxylation sites is 1. The van der Waals surface area contributed by atoms with Crippen molar-refractivity contribution in [2.24, 2.45) is 0 Å². The maximum atomic E-state index is 12.7. The molecule has 1 N–H and O–H groups in total. The Balaban J connectivity index is 1.61. The van der Waals surface area contributed by atoms with Crippen LogP contribution in [0.2, 0.25) is 0 Å². The number of nitrogens with one attached hydrogen (secondary N) is 1. The first kappa shape index (κ1) is 21.0. The maximum absolute atomic E-state index is 12.7. The summed E-state index contributed by atoms with van der Waals surface area (Å²) in [5, 5.41) is 16.8. The number of aromatic nitrogens is 3. The van der Waals surface area contributed by atoms with Crippen molar-refractivity contribution in [3.05, 3.63) is 48.8 Å². The average molecular weight is 404 g/mol. The minimum Gasteiger partial charge on any atom is -0.325 e. The molecule has 2 heterocycles. The van der Waals surface area contributed by atoms with E-state index in [-0.39, 0.29) is 37.1 Å². The molecule has 0 bridgehead atoms. The topological polar surface area (TPSA) is 104 Å². The molecule has 0 saturated carbocycles. The van der Waals surface area contributed by atoms with Gasteiger partial charge in [-0.1, -0.05) is 18.2 Å². The minimum atomic E-state index is -0.269. The van der Waals surface area contributed by atoms with Crippen molar-refractivity contribution in [3.63, 3.8) is 0 Å². The van der Waals surface area contributed by atoms with E-state index in [1.165, 1.54) is 0 Å². The summed E-state index contributed by atoms with van der Waals surface area (Å²) in [5.41, 5.74) is 2.04. The normalized spacial score (nSPS) is 10.7. The fourth-order valence-electron chi connectivity index (χ4n) is 3.13. The van der Waals surface area contributed by atoms with Crippen LogP contribution in [-0.2, 0) is 9.59 Å². The molecule has 0 unspecified atom stereocenters. The lowest BCUT2D eigenvalue weighted by Gasteiger charge is -2.21. The van der Waals surface area contributed by atoms with Crippen LogP contribution >= 0.6 is 0 Å². The number of hydrogen-bond donors (Lipinski definition) is 1. The van der Waals surface area contributed by atoms with Gasteiger partial charge in [0.1, 0.15) is 0 Å². The van der Waals surface area contributed by atoms with Crippen LogP contribution in [0.5, 0.6) is 0 Å². The van der Waals surface area contributed by atoms with Crippen LogP contribution < -0.4 is 10.2 Å². The summed E-state index contributed by atoms with van der Waals surface area (Å²) in [6.07, 6.45) is 3.62. The smallest absolute Gasteiger partial charge is 0.227 e. The van der Waals surface area contributed by atoms with Gasteiger partial charge in [-0.15, -0.1) is 0 Å². The van der Waals surface area contributed by atoms with Crippen molar-refractivity contribution in [1.82, 2.24) is 14.8 Å². The molecule has 0 spiro atoms. The molecular formula is C22H24N6O2. The molecule has 0 saturated heterocycles. The van der Waals surface area contributed by atoms with Gasteiger partial charge in [0.15, 0.2) is 5.65 Å². The van der Waals surface area contributed by atoms with Gasteiger partial charge in [-0.3, -0.25) is 9.59 Å². The first-order valence-corrected chi connectivity index (χ1v) is 9.85. The summed E-state index contributed by atoms with van der Waals surface area (Å²) < 4.78 is 1.82. The van der Waals surface area contributed by atoms with Gasteiger partial charge in [-0.05, 0) is 32.0 Å². The van der Waals surface area contributed by atoms with Gasteiger partial charge in [0.25, 0.3) is 0 Å². The fraction of sp³-hybridized carbons (Fsp3) is 0.318. The van der Waals surface area contributed by atoms with E-state index < -0.39 is 0 Å². The number of carbonyl (C=O) groups is 2. The number of anilines is 2. The van der Waals surface area contributed by atoms with Crippen molar-refractivity contribution >= 4 is 34.2 Å². The third-order valence-electron chi connectivity index (χ3n) is 4.59. The van der Waals surface area contributed by atoms with Gasteiger partial charge >= 0.3 is 0 Å². The van der Waals surface area contributed by atoms with Gasteiger partial charge in [-0.25, -0.2) is 9.67 Å². The second kappa shape index (κ2) is 9.65. The second-order valence-electron chi connectivity index (χ2n) is 7.16. The Morgan fingerprint density at radius 1 is 1.20 bits per heavy atom. The summed E-state index contributed by atoms with van der Waals surface area (Å²) in [6, 6.07) is 13.2. The van der Waals surface area contributed by atoms with E-state index in [2.05, 4.69) is 21.5 Å². The molecule has 2 amide bonds. The summed E-state index contributed by atoms with van der Waals surface area (Å²) in [5.74, 6) is -0.465. The Morgan fingerprint density at radius 3 is 2.67 bits per heavy atom. The van der Waals surface area contributed by atoms with Crippen LogP contribution in [-0.4, -0.2) is 33.1 Å². The molecule has 2 aromatic heterocycles. The highest BCUT2D eigenvalue weighted by Crippen LogP contribution is 2.20. The number of amides is 2. The quantitative estimate of drug-likeness (QED) is 0.617. The molecule has 8 heteroatoms. The summed E-state index contributed by atoms with van der Waals surface area (Å²) in [7, 11) is 0. The molecule has 8 nitrogen and oxygen atoms in total. The molecule has 154 valence electrons. The van der Waals surface area contributed by atoms with Crippen molar-refractivity contribution < 1.29 is 9.59 Å². The number of nitriles is 1. The van der Waals surface area contributed by atoms with Crippen LogP contribution in [0.3, 0.4) is 0 Å². The molecule has 0 fully saturated rings. The van der Waals surface area contributed by atoms with E-state index >= 15 is 0 Å². The molecule has 30 heavy (non-hydrogen) atoms. The lowest BCUT2D eigenvalue weighted by Crippen LogP contribution is -2.32. The van der Waals surface area contributed by atoms with Crippen molar-refractivity contribution in [2.75, 3.05) is 16.8 Å². The van der Waals surface area contributed by atoms with Crippen LogP contribution in [0.15, 0.2) is 48.8 Å². The number of pyridine rings is 1. The summed E-state index contributed by atoms with van der Waals surface area (Å²) in [4.78, 5) is 31.0. The van der Waals surface area contributed by atoms with E-state index in [0.29, 0.717) is 12.2 Å². The minimum absolute atomic E-state index is 0.0397. The lowest BCUT2D eigenvalue weighted by molar-refractivity contribution is -0.122. The number of benzene rings is 1. The molecule has 3 aromatic rings. The van der Waals surface area contributed by atoms with Crippen LogP contribution in [0.1, 0.15) is 39.2 Å². The van der Waals surface area contributed by atoms with Gasteiger partial charge in [-0.2, -0.15) is 10.4 Å². The Bertz CT molecular complexity index is 1070. The van der Waals surface area contributed by atoms with E-state index in [1.807, 2.05) is 54.9 Å². The molecule has 0 atom stereocenters. The SMILES string of the molecule is CC(C)n1ncc2cc(NC(=O)CCC(=O)N(CCC#N)c3ccccc3)cnc21. The fourth-order valence-corrected chi connectivity index (χ4v) is 3.13.